The lowest BCUT2D eigenvalue weighted by Crippen LogP contribution is -2.52. The predicted octanol–water partition coefficient (Wildman–Crippen LogP) is 0.383. The molecular weight excluding hydrogens is 342 g/mol. The summed E-state index contributed by atoms with van der Waals surface area (Å²) < 4.78 is 10.7. The van der Waals surface area contributed by atoms with E-state index >= 15 is 0 Å². The summed E-state index contributed by atoms with van der Waals surface area (Å²) in [5.74, 6) is -1.38. The van der Waals surface area contributed by atoms with Gasteiger partial charge in [-0.3, -0.25) is 24.2 Å². The van der Waals surface area contributed by atoms with E-state index in [0.717, 1.165) is 9.80 Å². The molecule has 5 amide bonds. The monoisotopic (exact) mass is 361 g/mol. The van der Waals surface area contributed by atoms with Gasteiger partial charge in [-0.25, -0.2) is 4.79 Å². The molecule has 1 aliphatic rings. The van der Waals surface area contributed by atoms with Crippen molar-refractivity contribution >= 4 is 29.8 Å². The van der Waals surface area contributed by atoms with E-state index in [1.165, 1.54) is 26.2 Å². The molecule has 1 aromatic carbocycles. The van der Waals surface area contributed by atoms with Crippen molar-refractivity contribution in [1.82, 2.24) is 9.80 Å². The Balaban J connectivity index is 2.38. The normalized spacial score (nSPS) is 14.6. The summed E-state index contributed by atoms with van der Waals surface area (Å²) in [6, 6.07) is 3.99. The van der Waals surface area contributed by atoms with E-state index in [0.29, 0.717) is 23.7 Å². The third kappa shape index (κ3) is 3.82. The van der Waals surface area contributed by atoms with Gasteiger partial charge in [0.15, 0.2) is 18.1 Å². The van der Waals surface area contributed by atoms with Crippen molar-refractivity contribution in [1.29, 1.82) is 0 Å². The Hall–Kier alpha value is -3.36. The molecule has 2 N–H and O–H groups in total. The number of benzene rings is 1. The topological polar surface area (TPSA) is 119 Å². The molecule has 0 aromatic heterocycles. The number of urea groups is 1. The number of barbiturate groups is 1. The van der Waals surface area contributed by atoms with Gasteiger partial charge in [-0.1, -0.05) is 6.07 Å². The minimum atomic E-state index is -0.692. The van der Waals surface area contributed by atoms with Crippen LogP contribution in [0.5, 0.6) is 11.5 Å². The van der Waals surface area contributed by atoms with Crippen LogP contribution in [0.2, 0.25) is 0 Å². The van der Waals surface area contributed by atoms with E-state index in [4.69, 9.17) is 15.2 Å². The molecule has 138 valence electrons. The fourth-order valence-electron chi connectivity index (χ4n) is 2.29. The first kappa shape index (κ1) is 19.0. The van der Waals surface area contributed by atoms with Crippen LogP contribution in [0.15, 0.2) is 23.8 Å². The molecule has 9 heteroatoms. The fourth-order valence-corrected chi connectivity index (χ4v) is 2.29. The molecule has 0 atom stereocenters. The van der Waals surface area contributed by atoms with Crippen molar-refractivity contribution < 1.29 is 28.7 Å². The zero-order chi connectivity index (χ0) is 19.4. The molecule has 0 aliphatic carbocycles. The minimum Gasteiger partial charge on any atom is -0.490 e. The van der Waals surface area contributed by atoms with Crippen LogP contribution in [0.4, 0.5) is 4.79 Å². The number of carbonyl (C=O) groups is 4. The number of nitrogens with two attached hydrogens (primary N) is 1. The average Bonchev–Trinajstić information content (AvgIpc) is 2.61. The van der Waals surface area contributed by atoms with Crippen molar-refractivity contribution in [2.45, 2.75) is 6.92 Å². The van der Waals surface area contributed by atoms with Gasteiger partial charge in [0.1, 0.15) is 5.57 Å². The van der Waals surface area contributed by atoms with E-state index < -0.39 is 23.8 Å². The Morgan fingerprint density at radius 2 is 1.69 bits per heavy atom. The Labute approximate surface area is 149 Å². The number of primary amides is 1. The van der Waals surface area contributed by atoms with Crippen molar-refractivity contribution in [3.63, 3.8) is 0 Å². The van der Waals surface area contributed by atoms with Gasteiger partial charge >= 0.3 is 6.03 Å². The van der Waals surface area contributed by atoms with Crippen LogP contribution in [0.3, 0.4) is 0 Å². The molecule has 1 saturated heterocycles. The number of nitrogens with zero attached hydrogens (tertiary/aromatic N) is 2. The van der Waals surface area contributed by atoms with Crippen molar-refractivity contribution in [3.05, 3.63) is 29.3 Å². The third-order valence-electron chi connectivity index (χ3n) is 3.59. The summed E-state index contributed by atoms with van der Waals surface area (Å²) in [7, 11) is 2.60. The third-order valence-corrected chi connectivity index (χ3v) is 3.59. The molecule has 0 radical (unpaired) electrons. The first-order chi connectivity index (χ1) is 12.3. The van der Waals surface area contributed by atoms with Gasteiger partial charge in [0.25, 0.3) is 17.7 Å². The maximum atomic E-state index is 12.2. The summed E-state index contributed by atoms with van der Waals surface area (Å²) in [4.78, 5) is 48.8. The van der Waals surface area contributed by atoms with E-state index in [9.17, 15) is 19.2 Å². The molecule has 0 bridgehead atoms. The van der Waals surface area contributed by atoms with Crippen LogP contribution in [0, 0.1) is 0 Å². The van der Waals surface area contributed by atoms with Crippen LogP contribution in [-0.2, 0) is 14.4 Å². The summed E-state index contributed by atoms with van der Waals surface area (Å²) in [5, 5.41) is 0. The number of rotatable bonds is 6. The zero-order valence-corrected chi connectivity index (χ0v) is 14.6. The quantitative estimate of drug-likeness (QED) is 0.578. The van der Waals surface area contributed by atoms with Crippen LogP contribution in [0.25, 0.3) is 6.08 Å². The lowest BCUT2D eigenvalue weighted by molar-refractivity contribution is -0.134. The van der Waals surface area contributed by atoms with Gasteiger partial charge in [-0.2, -0.15) is 0 Å². The first-order valence-electron chi connectivity index (χ1n) is 7.76. The number of imide groups is 2. The van der Waals surface area contributed by atoms with Crippen LogP contribution in [0.1, 0.15) is 12.5 Å². The van der Waals surface area contributed by atoms with Crippen LogP contribution >= 0.6 is 0 Å². The Morgan fingerprint density at radius 3 is 2.23 bits per heavy atom. The van der Waals surface area contributed by atoms with Crippen molar-refractivity contribution in [2.24, 2.45) is 5.73 Å². The molecule has 1 aliphatic heterocycles. The second kappa shape index (κ2) is 7.68. The average molecular weight is 361 g/mol. The highest BCUT2D eigenvalue weighted by Crippen LogP contribution is 2.30. The van der Waals surface area contributed by atoms with Gasteiger partial charge in [-0.05, 0) is 30.7 Å². The Bertz CT molecular complexity index is 776. The lowest BCUT2D eigenvalue weighted by Gasteiger charge is -2.28. The van der Waals surface area contributed by atoms with E-state index in [1.54, 1.807) is 19.1 Å². The molecule has 26 heavy (non-hydrogen) atoms. The molecule has 1 fully saturated rings. The molecule has 2 rings (SSSR count). The largest absolute Gasteiger partial charge is 0.490 e. The number of hydrogen-bond acceptors (Lipinski definition) is 6. The molecule has 9 nitrogen and oxygen atoms in total. The highest BCUT2D eigenvalue weighted by atomic mass is 16.5. The second-order valence-corrected chi connectivity index (χ2v) is 5.46. The van der Waals surface area contributed by atoms with Gasteiger partial charge in [0.2, 0.25) is 0 Å². The maximum absolute atomic E-state index is 12.2. The standard InChI is InChI=1S/C17H19N3O6/c1-4-25-13-8-10(5-6-12(13)26-9-14(18)21)7-11-15(22)19(2)17(24)20(3)16(11)23/h5-8H,4,9H2,1-3H3,(H2,18,21). The minimum absolute atomic E-state index is 0.150. The van der Waals surface area contributed by atoms with Crippen molar-refractivity contribution in [3.8, 4) is 11.5 Å². The molecule has 0 unspecified atom stereocenters. The first-order valence-corrected chi connectivity index (χ1v) is 7.76. The van der Waals surface area contributed by atoms with Gasteiger partial charge in [-0.15, -0.1) is 0 Å². The highest BCUT2D eigenvalue weighted by Gasteiger charge is 2.37. The number of likely N-dealkylation sites (N-methyl/N-ethyl adjacent to an activating group) is 2. The fraction of sp³-hybridized carbons (Fsp3) is 0.294. The molecule has 1 aromatic rings. The highest BCUT2D eigenvalue weighted by molar-refractivity contribution is 6.30. The Morgan fingerprint density at radius 1 is 1.08 bits per heavy atom. The van der Waals surface area contributed by atoms with Gasteiger partial charge in [0.05, 0.1) is 6.61 Å². The van der Waals surface area contributed by atoms with E-state index in [1.807, 2.05) is 0 Å². The van der Waals surface area contributed by atoms with Crippen LogP contribution in [-0.4, -0.2) is 60.9 Å². The number of carbonyl (C=O) groups excluding carboxylic acids is 4. The molecule has 0 saturated carbocycles. The zero-order valence-electron chi connectivity index (χ0n) is 14.6. The number of hydrogen-bond donors (Lipinski definition) is 1. The van der Waals surface area contributed by atoms with Crippen molar-refractivity contribution in [2.75, 3.05) is 27.3 Å². The summed E-state index contributed by atoms with van der Waals surface area (Å²) in [5.41, 5.74) is 5.40. The lowest BCUT2D eigenvalue weighted by atomic mass is 10.1. The van der Waals surface area contributed by atoms with E-state index in [2.05, 4.69) is 0 Å². The number of ether oxygens (including phenoxy) is 2. The Kier molecular flexibility index (Phi) is 5.61. The maximum Gasteiger partial charge on any atom is 0.333 e. The number of amides is 5. The smallest absolute Gasteiger partial charge is 0.333 e. The van der Waals surface area contributed by atoms with E-state index in [-0.39, 0.29) is 12.2 Å². The SMILES string of the molecule is CCOc1cc(C=C2C(=O)N(C)C(=O)N(C)C2=O)ccc1OCC(N)=O. The van der Waals surface area contributed by atoms with Crippen LogP contribution < -0.4 is 15.2 Å². The molecule has 0 spiro atoms. The predicted molar refractivity (Wildman–Crippen MR) is 91.2 cm³/mol. The molecule has 1 heterocycles. The summed E-state index contributed by atoms with van der Waals surface area (Å²) in [6.07, 6.45) is 1.37. The summed E-state index contributed by atoms with van der Waals surface area (Å²) in [6.45, 7) is 1.80. The second-order valence-electron chi connectivity index (χ2n) is 5.46. The van der Waals surface area contributed by atoms with Gasteiger partial charge < -0.3 is 15.2 Å². The molecular formula is C17H19N3O6. The summed E-state index contributed by atoms with van der Waals surface area (Å²) >= 11 is 0. The van der Waals surface area contributed by atoms with Gasteiger partial charge in [0, 0.05) is 14.1 Å².